The molecule has 0 bridgehead atoms. The molecule has 1 aliphatic rings. The highest BCUT2D eigenvalue weighted by atomic mass is 19.4. The van der Waals surface area contributed by atoms with Crippen LogP contribution in [0.15, 0.2) is 42.5 Å². The predicted octanol–water partition coefficient (Wildman–Crippen LogP) is 3.89. The zero-order chi connectivity index (χ0) is 17.2. The summed E-state index contributed by atoms with van der Waals surface area (Å²) >= 11 is 0. The minimum atomic E-state index is -4.34. The van der Waals surface area contributed by atoms with Gasteiger partial charge in [0.25, 0.3) is 0 Å². The van der Waals surface area contributed by atoms with Gasteiger partial charge in [0.2, 0.25) is 11.8 Å². The van der Waals surface area contributed by atoms with Crippen LogP contribution in [-0.4, -0.2) is 29.1 Å². The van der Waals surface area contributed by atoms with Crippen LogP contribution in [0.5, 0.6) is 5.88 Å². The molecule has 0 saturated carbocycles. The number of halogens is 4. The number of ether oxygens (including phenoxy) is 1. The first-order valence-corrected chi connectivity index (χ1v) is 7.58. The summed E-state index contributed by atoms with van der Waals surface area (Å²) in [7, 11) is 0. The third-order valence-electron chi connectivity index (χ3n) is 3.87. The Hall–Kier alpha value is -2.15. The van der Waals surface area contributed by atoms with Crippen LogP contribution in [0, 0.1) is 5.95 Å². The number of aromatic nitrogens is 1. The third kappa shape index (κ3) is 4.23. The second-order valence-electron chi connectivity index (χ2n) is 5.76. The van der Waals surface area contributed by atoms with E-state index in [1.807, 2.05) is 4.90 Å². The molecule has 1 aliphatic heterocycles. The topological polar surface area (TPSA) is 25.4 Å². The summed E-state index contributed by atoms with van der Waals surface area (Å²) in [4.78, 5) is 5.67. The molecule has 2 heterocycles. The van der Waals surface area contributed by atoms with E-state index < -0.39 is 17.7 Å². The van der Waals surface area contributed by atoms with Gasteiger partial charge in [0.15, 0.2) is 0 Å². The van der Waals surface area contributed by atoms with Crippen LogP contribution in [0.1, 0.15) is 17.5 Å². The standard InChI is InChI=1S/C17H16F4N2O/c18-15-5-2-6-16(22-15)24-14-7-8-23(11-14)10-12-3-1-4-13(9-12)17(19,20)21/h1-6,9,14H,7-8,10-11H2. The van der Waals surface area contributed by atoms with Crippen molar-refractivity contribution in [3.05, 3.63) is 59.5 Å². The molecule has 1 fully saturated rings. The summed E-state index contributed by atoms with van der Waals surface area (Å²) in [5, 5.41) is 0. The average Bonchev–Trinajstić information content (AvgIpc) is 2.94. The van der Waals surface area contributed by atoms with Crippen molar-refractivity contribution < 1.29 is 22.3 Å². The third-order valence-corrected chi connectivity index (χ3v) is 3.87. The quantitative estimate of drug-likeness (QED) is 0.624. The molecule has 0 N–H and O–H groups in total. The van der Waals surface area contributed by atoms with E-state index >= 15 is 0 Å². The minimum absolute atomic E-state index is 0.148. The van der Waals surface area contributed by atoms with Crippen molar-refractivity contribution in [2.24, 2.45) is 0 Å². The monoisotopic (exact) mass is 340 g/mol. The van der Waals surface area contributed by atoms with Gasteiger partial charge in [0.05, 0.1) is 5.56 Å². The molecule has 0 amide bonds. The Bertz CT molecular complexity index is 705. The van der Waals surface area contributed by atoms with E-state index in [0.29, 0.717) is 25.2 Å². The lowest BCUT2D eigenvalue weighted by Crippen LogP contribution is -2.25. The maximum Gasteiger partial charge on any atom is 0.416 e. The van der Waals surface area contributed by atoms with Crippen molar-refractivity contribution >= 4 is 0 Å². The Morgan fingerprint density at radius 1 is 1.17 bits per heavy atom. The Morgan fingerprint density at radius 2 is 1.96 bits per heavy atom. The zero-order valence-electron chi connectivity index (χ0n) is 12.8. The lowest BCUT2D eigenvalue weighted by Gasteiger charge is -2.17. The fourth-order valence-corrected chi connectivity index (χ4v) is 2.77. The maximum atomic E-state index is 13.0. The number of rotatable bonds is 4. The second kappa shape index (κ2) is 6.76. The molecule has 1 aromatic carbocycles. The first-order chi connectivity index (χ1) is 11.4. The van der Waals surface area contributed by atoms with E-state index in [0.717, 1.165) is 12.5 Å². The van der Waals surface area contributed by atoms with E-state index in [1.165, 1.54) is 24.3 Å². The van der Waals surface area contributed by atoms with Gasteiger partial charge >= 0.3 is 6.18 Å². The molecule has 0 radical (unpaired) electrons. The normalized spacial score (nSPS) is 18.8. The molecule has 3 rings (SSSR count). The predicted molar refractivity (Wildman–Crippen MR) is 79.9 cm³/mol. The van der Waals surface area contributed by atoms with E-state index in [2.05, 4.69) is 4.98 Å². The lowest BCUT2D eigenvalue weighted by molar-refractivity contribution is -0.137. The maximum absolute atomic E-state index is 13.0. The first-order valence-electron chi connectivity index (χ1n) is 7.58. The highest BCUT2D eigenvalue weighted by molar-refractivity contribution is 5.25. The van der Waals surface area contributed by atoms with Gasteiger partial charge in [-0.3, -0.25) is 4.90 Å². The van der Waals surface area contributed by atoms with Crippen LogP contribution in [-0.2, 0) is 12.7 Å². The summed E-state index contributed by atoms with van der Waals surface area (Å²) in [5.41, 5.74) is -0.0367. The average molecular weight is 340 g/mol. The Labute approximate surface area is 136 Å². The van der Waals surface area contributed by atoms with E-state index in [-0.39, 0.29) is 12.0 Å². The molecular weight excluding hydrogens is 324 g/mol. The van der Waals surface area contributed by atoms with Gasteiger partial charge in [-0.15, -0.1) is 0 Å². The number of hydrogen-bond acceptors (Lipinski definition) is 3. The van der Waals surface area contributed by atoms with Crippen LogP contribution in [0.2, 0.25) is 0 Å². The van der Waals surface area contributed by atoms with E-state index in [9.17, 15) is 17.6 Å². The van der Waals surface area contributed by atoms with Gasteiger partial charge in [0, 0.05) is 25.7 Å². The van der Waals surface area contributed by atoms with Crippen LogP contribution >= 0.6 is 0 Å². The summed E-state index contributed by atoms with van der Waals surface area (Å²) in [6.45, 7) is 1.69. The second-order valence-corrected chi connectivity index (χ2v) is 5.76. The van der Waals surface area contributed by atoms with E-state index in [4.69, 9.17) is 4.74 Å². The number of pyridine rings is 1. The van der Waals surface area contributed by atoms with Crippen LogP contribution in [0.4, 0.5) is 17.6 Å². The van der Waals surface area contributed by atoms with Gasteiger partial charge in [0.1, 0.15) is 6.10 Å². The van der Waals surface area contributed by atoms with Crippen molar-refractivity contribution in [1.82, 2.24) is 9.88 Å². The van der Waals surface area contributed by atoms with Crippen molar-refractivity contribution in [3.63, 3.8) is 0 Å². The molecule has 3 nitrogen and oxygen atoms in total. The molecule has 0 aliphatic carbocycles. The number of nitrogens with zero attached hydrogens (tertiary/aromatic N) is 2. The smallest absolute Gasteiger partial charge is 0.416 e. The summed E-state index contributed by atoms with van der Waals surface area (Å²) in [6, 6.07) is 9.67. The van der Waals surface area contributed by atoms with Gasteiger partial charge in [-0.05, 0) is 24.1 Å². The number of hydrogen-bond donors (Lipinski definition) is 0. The first kappa shape index (κ1) is 16.7. The summed E-state index contributed by atoms with van der Waals surface area (Å²) in [6.07, 6.45) is -3.77. The number of alkyl halides is 3. The Balaban J connectivity index is 1.58. The summed E-state index contributed by atoms with van der Waals surface area (Å²) < 4.78 is 56.9. The molecule has 0 spiro atoms. The molecule has 2 aromatic rings. The Kier molecular flexibility index (Phi) is 4.71. The number of benzene rings is 1. The SMILES string of the molecule is Fc1cccc(OC2CCN(Cc3cccc(C(F)(F)F)c3)C2)n1. The molecule has 128 valence electrons. The number of likely N-dealkylation sites (tertiary alicyclic amines) is 1. The fourth-order valence-electron chi connectivity index (χ4n) is 2.77. The van der Waals surface area contributed by atoms with Crippen LogP contribution in [0.3, 0.4) is 0 Å². The van der Waals surface area contributed by atoms with Gasteiger partial charge in [-0.2, -0.15) is 22.5 Å². The minimum Gasteiger partial charge on any atom is -0.473 e. The molecule has 1 unspecified atom stereocenters. The van der Waals surface area contributed by atoms with Crippen molar-refractivity contribution in [1.29, 1.82) is 0 Å². The zero-order valence-corrected chi connectivity index (χ0v) is 12.8. The fraction of sp³-hybridized carbons (Fsp3) is 0.353. The van der Waals surface area contributed by atoms with Crippen molar-refractivity contribution in [2.75, 3.05) is 13.1 Å². The molecule has 1 aromatic heterocycles. The highest BCUT2D eigenvalue weighted by Gasteiger charge is 2.31. The Morgan fingerprint density at radius 3 is 2.71 bits per heavy atom. The lowest BCUT2D eigenvalue weighted by atomic mass is 10.1. The highest BCUT2D eigenvalue weighted by Crippen LogP contribution is 2.30. The molecule has 1 saturated heterocycles. The van der Waals surface area contributed by atoms with Gasteiger partial charge in [-0.25, -0.2) is 0 Å². The van der Waals surface area contributed by atoms with Gasteiger partial charge in [-0.1, -0.05) is 24.3 Å². The molecule has 24 heavy (non-hydrogen) atoms. The largest absolute Gasteiger partial charge is 0.473 e. The van der Waals surface area contributed by atoms with Crippen LogP contribution < -0.4 is 4.74 Å². The summed E-state index contributed by atoms with van der Waals surface area (Å²) in [5.74, 6) is -0.382. The van der Waals surface area contributed by atoms with Crippen molar-refractivity contribution in [3.8, 4) is 5.88 Å². The van der Waals surface area contributed by atoms with E-state index in [1.54, 1.807) is 12.1 Å². The van der Waals surface area contributed by atoms with Crippen molar-refractivity contribution in [2.45, 2.75) is 25.2 Å². The van der Waals surface area contributed by atoms with Crippen LogP contribution in [0.25, 0.3) is 0 Å². The molecular formula is C17H16F4N2O. The molecule has 1 atom stereocenters. The van der Waals surface area contributed by atoms with Gasteiger partial charge < -0.3 is 4.74 Å². The molecule has 7 heteroatoms.